The van der Waals surface area contributed by atoms with Crippen LogP contribution in [0.4, 0.5) is 13.2 Å². The Balaban J connectivity index is 2.85. The first-order chi connectivity index (χ1) is 13.0. The fourth-order valence-electron chi connectivity index (χ4n) is 2.94. The predicted octanol–water partition coefficient (Wildman–Crippen LogP) is 2.50. The largest absolute Gasteiger partial charge is 0.400 e. The monoisotopic (exact) mass is 413 g/mol. The quantitative estimate of drug-likeness (QED) is 0.815. The molecule has 2 aromatic rings. The van der Waals surface area contributed by atoms with Gasteiger partial charge < -0.3 is 0 Å². The fraction of sp³-hybridized carbons (Fsp3) is 0.389. The van der Waals surface area contributed by atoms with Crippen molar-refractivity contribution in [2.75, 3.05) is 5.75 Å². The Hall–Kier alpha value is -2.67. The van der Waals surface area contributed by atoms with Crippen LogP contribution in [0.1, 0.15) is 36.2 Å². The summed E-state index contributed by atoms with van der Waals surface area (Å²) in [5.74, 6) is -1.51. The number of benzene rings is 1. The van der Waals surface area contributed by atoms with E-state index in [0.29, 0.717) is 24.0 Å². The summed E-state index contributed by atoms with van der Waals surface area (Å²) in [6.45, 7) is 4.92. The number of aromatic amines is 1. The second kappa shape index (κ2) is 8.14. The third-order valence-electron chi connectivity index (χ3n) is 4.26. The summed E-state index contributed by atoms with van der Waals surface area (Å²) in [5, 5.41) is 9.18. The molecule has 1 unspecified atom stereocenters. The van der Waals surface area contributed by atoms with Gasteiger partial charge in [0.2, 0.25) is 0 Å². The van der Waals surface area contributed by atoms with Crippen molar-refractivity contribution in [2.24, 2.45) is 0 Å². The van der Waals surface area contributed by atoms with E-state index in [-0.39, 0.29) is 21.8 Å². The minimum Gasteiger partial charge on any atom is -0.273 e. The van der Waals surface area contributed by atoms with E-state index in [4.69, 9.17) is 0 Å². The smallest absolute Gasteiger partial charge is 0.273 e. The highest BCUT2D eigenvalue weighted by Crippen LogP contribution is 2.27. The average molecular weight is 413 g/mol. The van der Waals surface area contributed by atoms with E-state index in [9.17, 15) is 32.2 Å². The van der Waals surface area contributed by atoms with Gasteiger partial charge in [0.1, 0.15) is 17.4 Å². The molecule has 0 aliphatic rings. The van der Waals surface area contributed by atoms with Gasteiger partial charge in [0.15, 0.2) is 0 Å². The molecule has 1 atom stereocenters. The summed E-state index contributed by atoms with van der Waals surface area (Å²) in [6.07, 6.45) is -3.82. The zero-order chi connectivity index (χ0) is 21.2. The van der Waals surface area contributed by atoms with Crippen LogP contribution in [0.15, 0.2) is 26.6 Å². The van der Waals surface area contributed by atoms with Gasteiger partial charge in [-0.1, -0.05) is 19.9 Å². The molecule has 0 aliphatic heterocycles. The van der Waals surface area contributed by atoms with Crippen molar-refractivity contribution in [3.63, 3.8) is 0 Å². The lowest BCUT2D eigenvalue weighted by Crippen LogP contribution is -2.33. The lowest BCUT2D eigenvalue weighted by molar-refractivity contribution is -0.105. The van der Waals surface area contributed by atoms with E-state index in [1.165, 1.54) is 13.0 Å². The highest BCUT2D eigenvalue weighted by atomic mass is 32.2. The molecular weight excluding hydrogens is 395 g/mol. The standard InChI is InChI=1S/C18H18F3N3O3S/c1-4-11-6-12(5-2)15(28(27)9-18(19,20)21)7-14(11)24-10(3)13(8-22)16(25)23-17(24)26/h6-7H,4-5,9H2,1-3H3,(H,23,25,26). The van der Waals surface area contributed by atoms with Crippen LogP contribution in [0.2, 0.25) is 0 Å². The average Bonchev–Trinajstić information content (AvgIpc) is 2.59. The molecule has 150 valence electrons. The van der Waals surface area contributed by atoms with Gasteiger partial charge in [0, 0.05) is 10.6 Å². The van der Waals surface area contributed by atoms with Crippen molar-refractivity contribution in [1.29, 1.82) is 5.26 Å². The van der Waals surface area contributed by atoms with E-state index in [2.05, 4.69) is 0 Å². The van der Waals surface area contributed by atoms with Gasteiger partial charge in [-0.2, -0.15) is 18.4 Å². The Morgan fingerprint density at radius 2 is 1.79 bits per heavy atom. The van der Waals surface area contributed by atoms with Gasteiger partial charge in [0.05, 0.1) is 16.5 Å². The van der Waals surface area contributed by atoms with Gasteiger partial charge >= 0.3 is 11.9 Å². The second-order valence-corrected chi connectivity index (χ2v) is 7.49. The first kappa shape index (κ1) is 21.6. The van der Waals surface area contributed by atoms with Crippen LogP contribution in [0, 0.1) is 18.3 Å². The Labute approximate surface area is 161 Å². The molecule has 10 heteroatoms. The maximum Gasteiger partial charge on any atom is 0.400 e. The van der Waals surface area contributed by atoms with E-state index in [1.807, 2.05) is 4.98 Å². The number of nitrogens with one attached hydrogen (secondary N) is 1. The number of rotatable bonds is 5. The van der Waals surface area contributed by atoms with Crippen molar-refractivity contribution >= 4 is 10.8 Å². The number of alkyl halides is 3. The molecule has 0 saturated heterocycles. The predicted molar refractivity (Wildman–Crippen MR) is 98.2 cm³/mol. The maximum atomic E-state index is 12.7. The molecule has 0 fully saturated rings. The number of hydrogen-bond acceptors (Lipinski definition) is 4. The number of halogens is 3. The van der Waals surface area contributed by atoms with Crippen LogP contribution < -0.4 is 11.2 Å². The third-order valence-corrected chi connectivity index (χ3v) is 5.72. The minimum atomic E-state index is -4.61. The zero-order valence-corrected chi connectivity index (χ0v) is 16.3. The van der Waals surface area contributed by atoms with E-state index in [1.54, 1.807) is 26.0 Å². The molecule has 1 N–H and O–H groups in total. The molecule has 0 amide bonds. The highest BCUT2D eigenvalue weighted by molar-refractivity contribution is 7.85. The molecule has 0 radical (unpaired) electrons. The summed E-state index contributed by atoms with van der Waals surface area (Å²) in [4.78, 5) is 26.2. The van der Waals surface area contributed by atoms with Crippen molar-refractivity contribution in [1.82, 2.24) is 9.55 Å². The lowest BCUT2D eigenvalue weighted by atomic mass is 10.0. The molecule has 2 rings (SSSR count). The van der Waals surface area contributed by atoms with E-state index >= 15 is 0 Å². The van der Waals surface area contributed by atoms with E-state index in [0.717, 1.165) is 4.57 Å². The van der Waals surface area contributed by atoms with E-state index < -0.39 is 34.0 Å². The third kappa shape index (κ3) is 4.25. The zero-order valence-electron chi connectivity index (χ0n) is 15.4. The highest BCUT2D eigenvalue weighted by Gasteiger charge is 2.32. The summed E-state index contributed by atoms with van der Waals surface area (Å²) in [7, 11) is -2.36. The van der Waals surface area contributed by atoms with Gasteiger partial charge in [-0.05, 0) is 37.0 Å². The second-order valence-electron chi connectivity index (χ2n) is 6.07. The SMILES string of the molecule is CCc1cc(CC)c(S(=O)CC(F)(F)F)cc1-n1c(C)c(C#N)c(=O)[nH]c1=O. The fourth-order valence-corrected chi connectivity index (χ4v) is 4.13. The Bertz CT molecular complexity index is 1090. The Kier molecular flexibility index (Phi) is 6.29. The number of aryl methyl sites for hydroxylation is 2. The lowest BCUT2D eigenvalue weighted by Gasteiger charge is -2.18. The number of nitriles is 1. The van der Waals surface area contributed by atoms with Gasteiger partial charge in [-0.15, -0.1) is 0 Å². The number of H-pyrrole nitrogens is 1. The van der Waals surface area contributed by atoms with Crippen LogP contribution in [-0.4, -0.2) is 25.7 Å². The minimum absolute atomic E-state index is 0.0250. The topological polar surface area (TPSA) is 95.7 Å². The summed E-state index contributed by atoms with van der Waals surface area (Å²) in [6, 6.07) is 4.62. The molecule has 0 spiro atoms. The molecule has 1 aromatic carbocycles. The van der Waals surface area contributed by atoms with Gasteiger partial charge in [0.25, 0.3) is 5.56 Å². The molecule has 1 heterocycles. The molecule has 6 nitrogen and oxygen atoms in total. The summed E-state index contributed by atoms with van der Waals surface area (Å²) < 4.78 is 51.7. The van der Waals surface area contributed by atoms with Crippen molar-refractivity contribution < 1.29 is 17.4 Å². The number of aromatic nitrogens is 2. The van der Waals surface area contributed by atoms with Crippen LogP contribution in [0.5, 0.6) is 0 Å². The van der Waals surface area contributed by atoms with Crippen molar-refractivity contribution in [2.45, 2.75) is 44.7 Å². The Morgan fingerprint density at radius 3 is 2.29 bits per heavy atom. The number of hydrogen-bond donors (Lipinski definition) is 1. The van der Waals surface area contributed by atoms with Crippen molar-refractivity contribution in [3.05, 3.63) is 55.4 Å². The van der Waals surface area contributed by atoms with Gasteiger partial charge in [-0.25, -0.2) is 4.79 Å². The molecule has 1 aromatic heterocycles. The summed E-state index contributed by atoms with van der Waals surface area (Å²) in [5.41, 5.74) is -0.592. The number of nitrogens with zero attached hydrogens (tertiary/aromatic N) is 2. The first-order valence-corrected chi connectivity index (χ1v) is 9.73. The van der Waals surface area contributed by atoms with Gasteiger partial charge in [-0.3, -0.25) is 18.6 Å². The molecule has 0 saturated carbocycles. The molecule has 0 bridgehead atoms. The maximum absolute atomic E-state index is 12.7. The molecule has 0 aliphatic carbocycles. The first-order valence-electron chi connectivity index (χ1n) is 8.41. The Morgan fingerprint density at radius 1 is 1.18 bits per heavy atom. The van der Waals surface area contributed by atoms with Crippen LogP contribution >= 0.6 is 0 Å². The van der Waals surface area contributed by atoms with Crippen LogP contribution in [0.3, 0.4) is 0 Å². The molecule has 28 heavy (non-hydrogen) atoms. The summed E-state index contributed by atoms with van der Waals surface area (Å²) >= 11 is 0. The van der Waals surface area contributed by atoms with Crippen LogP contribution in [0.25, 0.3) is 5.69 Å². The van der Waals surface area contributed by atoms with Crippen LogP contribution in [-0.2, 0) is 23.6 Å². The van der Waals surface area contributed by atoms with Crippen molar-refractivity contribution in [3.8, 4) is 11.8 Å². The molecular formula is C18H18F3N3O3S. The normalized spacial score (nSPS) is 12.6.